The molecule has 1 amide bonds. The summed E-state index contributed by atoms with van der Waals surface area (Å²) in [5.41, 5.74) is 2.64. The molecule has 2 aromatic heterocycles. The average Bonchev–Trinajstić information content (AvgIpc) is 3.19. The van der Waals surface area contributed by atoms with E-state index in [1.165, 1.54) is 19.3 Å². The van der Waals surface area contributed by atoms with E-state index in [0.29, 0.717) is 18.0 Å². The quantitative estimate of drug-likeness (QED) is 0.855. The number of hydrogen-bond donors (Lipinski definition) is 0. The Morgan fingerprint density at radius 1 is 1.20 bits per heavy atom. The van der Waals surface area contributed by atoms with Crippen LogP contribution in [0.15, 0.2) is 22.9 Å². The standard InChI is InChI=1S/C19H25N3O3/c1-13-12-17(14(2)22(13)18-8-11-24-20-18)19(23)21-9-6-16(7-10-21)25-15-4-3-5-15/h8,11-12,15-16H,3-7,9-10H2,1-2H3. The summed E-state index contributed by atoms with van der Waals surface area (Å²) >= 11 is 0. The van der Waals surface area contributed by atoms with Gasteiger partial charge < -0.3 is 14.2 Å². The predicted molar refractivity (Wildman–Crippen MR) is 93.0 cm³/mol. The average molecular weight is 343 g/mol. The van der Waals surface area contributed by atoms with E-state index in [-0.39, 0.29) is 5.91 Å². The normalized spacial score (nSPS) is 19.2. The van der Waals surface area contributed by atoms with Gasteiger partial charge in [0.2, 0.25) is 0 Å². The molecule has 2 fully saturated rings. The number of amides is 1. The molecule has 6 heteroatoms. The fourth-order valence-electron chi connectivity index (χ4n) is 3.80. The summed E-state index contributed by atoms with van der Waals surface area (Å²) in [4.78, 5) is 14.9. The first-order valence-corrected chi connectivity index (χ1v) is 9.18. The molecule has 0 N–H and O–H groups in total. The van der Waals surface area contributed by atoms with Crippen LogP contribution in [0, 0.1) is 13.8 Å². The smallest absolute Gasteiger partial charge is 0.255 e. The van der Waals surface area contributed by atoms with Crippen molar-refractivity contribution < 1.29 is 14.1 Å². The lowest BCUT2D eigenvalue weighted by Crippen LogP contribution is -2.42. The van der Waals surface area contributed by atoms with Crippen LogP contribution >= 0.6 is 0 Å². The molecule has 1 saturated heterocycles. The maximum atomic E-state index is 13.0. The third-order valence-corrected chi connectivity index (χ3v) is 5.48. The molecule has 0 unspecified atom stereocenters. The Balaban J connectivity index is 1.44. The summed E-state index contributed by atoms with van der Waals surface area (Å²) in [6.07, 6.45) is 7.89. The van der Waals surface area contributed by atoms with Crippen LogP contribution in [0.5, 0.6) is 0 Å². The number of ether oxygens (including phenoxy) is 1. The topological polar surface area (TPSA) is 60.5 Å². The van der Waals surface area contributed by atoms with Crippen LogP contribution in [0.1, 0.15) is 53.8 Å². The fraction of sp³-hybridized carbons (Fsp3) is 0.579. The van der Waals surface area contributed by atoms with Gasteiger partial charge in [-0.1, -0.05) is 5.16 Å². The lowest BCUT2D eigenvalue weighted by Gasteiger charge is -2.36. The van der Waals surface area contributed by atoms with Gasteiger partial charge in [0.1, 0.15) is 6.26 Å². The van der Waals surface area contributed by atoms with Crippen LogP contribution in [0.4, 0.5) is 0 Å². The van der Waals surface area contributed by atoms with E-state index in [1.54, 1.807) is 12.3 Å². The van der Waals surface area contributed by atoms with E-state index in [1.807, 2.05) is 29.4 Å². The number of hydrogen-bond acceptors (Lipinski definition) is 4. The number of likely N-dealkylation sites (tertiary alicyclic amines) is 1. The summed E-state index contributed by atoms with van der Waals surface area (Å²) in [6.45, 7) is 5.48. The van der Waals surface area contributed by atoms with Gasteiger partial charge in [-0.2, -0.15) is 0 Å². The Morgan fingerprint density at radius 2 is 1.92 bits per heavy atom. The molecule has 0 radical (unpaired) electrons. The molecule has 2 aromatic rings. The van der Waals surface area contributed by atoms with Crippen molar-refractivity contribution in [2.75, 3.05) is 13.1 Å². The SMILES string of the molecule is Cc1cc(C(=O)N2CCC(OC3CCC3)CC2)c(C)n1-c1ccon1. The Labute approximate surface area is 147 Å². The van der Waals surface area contributed by atoms with Gasteiger partial charge in [0.05, 0.1) is 17.8 Å². The molecule has 6 nitrogen and oxygen atoms in total. The fourth-order valence-corrected chi connectivity index (χ4v) is 3.80. The van der Waals surface area contributed by atoms with E-state index in [0.717, 1.165) is 42.9 Å². The molecule has 4 rings (SSSR count). The minimum atomic E-state index is 0.102. The van der Waals surface area contributed by atoms with Gasteiger partial charge >= 0.3 is 0 Å². The maximum Gasteiger partial charge on any atom is 0.255 e. The lowest BCUT2D eigenvalue weighted by atomic mass is 9.95. The molecular weight excluding hydrogens is 318 g/mol. The number of carbonyl (C=O) groups excluding carboxylic acids is 1. The minimum absolute atomic E-state index is 0.102. The summed E-state index contributed by atoms with van der Waals surface area (Å²) in [7, 11) is 0. The van der Waals surface area contributed by atoms with E-state index in [2.05, 4.69) is 5.16 Å². The van der Waals surface area contributed by atoms with Crippen LogP contribution < -0.4 is 0 Å². The first kappa shape index (κ1) is 16.4. The Morgan fingerprint density at radius 3 is 2.52 bits per heavy atom. The van der Waals surface area contributed by atoms with E-state index in [9.17, 15) is 4.79 Å². The molecule has 25 heavy (non-hydrogen) atoms. The maximum absolute atomic E-state index is 13.0. The van der Waals surface area contributed by atoms with Crippen molar-refractivity contribution in [2.45, 2.75) is 58.2 Å². The van der Waals surface area contributed by atoms with Crippen LogP contribution in [-0.2, 0) is 4.74 Å². The molecule has 0 bridgehead atoms. The third-order valence-electron chi connectivity index (χ3n) is 5.48. The third kappa shape index (κ3) is 3.11. The van der Waals surface area contributed by atoms with Gasteiger partial charge in [0.25, 0.3) is 5.91 Å². The second-order valence-corrected chi connectivity index (χ2v) is 7.16. The van der Waals surface area contributed by atoms with Crippen molar-refractivity contribution in [1.82, 2.24) is 14.6 Å². The number of nitrogens with zero attached hydrogens (tertiary/aromatic N) is 3. The Hall–Kier alpha value is -2.08. The van der Waals surface area contributed by atoms with Crippen molar-refractivity contribution in [3.05, 3.63) is 35.3 Å². The predicted octanol–water partition coefficient (Wildman–Crippen LogP) is 3.26. The lowest BCUT2D eigenvalue weighted by molar-refractivity contribution is -0.0705. The number of piperidine rings is 1. The molecule has 1 aliphatic heterocycles. The van der Waals surface area contributed by atoms with Crippen molar-refractivity contribution in [3.8, 4) is 5.82 Å². The minimum Gasteiger partial charge on any atom is -0.375 e. The highest BCUT2D eigenvalue weighted by molar-refractivity contribution is 5.96. The van der Waals surface area contributed by atoms with Crippen LogP contribution in [-0.4, -0.2) is 45.8 Å². The molecule has 3 heterocycles. The molecular formula is C19H25N3O3. The Bertz CT molecular complexity index is 738. The zero-order chi connectivity index (χ0) is 17.4. The van der Waals surface area contributed by atoms with Crippen molar-refractivity contribution in [1.29, 1.82) is 0 Å². The van der Waals surface area contributed by atoms with Crippen LogP contribution in [0.3, 0.4) is 0 Å². The van der Waals surface area contributed by atoms with E-state index in [4.69, 9.17) is 9.26 Å². The number of rotatable bonds is 4. The van der Waals surface area contributed by atoms with Crippen molar-refractivity contribution in [3.63, 3.8) is 0 Å². The van der Waals surface area contributed by atoms with Gasteiger partial charge in [-0.15, -0.1) is 0 Å². The highest BCUT2D eigenvalue weighted by Crippen LogP contribution is 2.27. The van der Waals surface area contributed by atoms with Gasteiger partial charge in [-0.25, -0.2) is 0 Å². The van der Waals surface area contributed by atoms with Gasteiger partial charge in [0.15, 0.2) is 5.82 Å². The van der Waals surface area contributed by atoms with Gasteiger partial charge in [-0.3, -0.25) is 9.36 Å². The molecule has 0 atom stereocenters. The van der Waals surface area contributed by atoms with Crippen molar-refractivity contribution in [2.24, 2.45) is 0 Å². The molecule has 1 aliphatic carbocycles. The van der Waals surface area contributed by atoms with Crippen LogP contribution in [0.2, 0.25) is 0 Å². The molecule has 1 saturated carbocycles. The largest absolute Gasteiger partial charge is 0.375 e. The summed E-state index contributed by atoms with van der Waals surface area (Å²) in [5, 5.41) is 3.99. The highest BCUT2D eigenvalue weighted by Gasteiger charge is 2.29. The Kier molecular flexibility index (Phi) is 4.37. The molecule has 134 valence electrons. The number of aromatic nitrogens is 2. The monoisotopic (exact) mass is 343 g/mol. The second kappa shape index (κ2) is 6.67. The second-order valence-electron chi connectivity index (χ2n) is 7.16. The molecule has 0 spiro atoms. The zero-order valence-corrected chi connectivity index (χ0v) is 14.9. The van der Waals surface area contributed by atoms with Crippen LogP contribution in [0.25, 0.3) is 5.82 Å². The number of aryl methyl sites for hydroxylation is 1. The summed E-state index contributed by atoms with van der Waals surface area (Å²) < 4.78 is 13.0. The molecule has 0 aromatic carbocycles. The summed E-state index contributed by atoms with van der Waals surface area (Å²) in [5.74, 6) is 0.812. The summed E-state index contributed by atoms with van der Waals surface area (Å²) in [6, 6.07) is 3.75. The number of carbonyl (C=O) groups is 1. The highest BCUT2D eigenvalue weighted by atomic mass is 16.5. The van der Waals surface area contributed by atoms with E-state index < -0.39 is 0 Å². The first-order valence-electron chi connectivity index (χ1n) is 9.18. The first-order chi connectivity index (χ1) is 12.1. The zero-order valence-electron chi connectivity index (χ0n) is 14.9. The van der Waals surface area contributed by atoms with E-state index >= 15 is 0 Å². The molecule has 2 aliphatic rings. The van der Waals surface area contributed by atoms with Gasteiger partial charge in [0, 0.05) is 30.5 Å². The van der Waals surface area contributed by atoms with Gasteiger partial charge in [-0.05, 0) is 52.0 Å². The van der Waals surface area contributed by atoms with Crippen molar-refractivity contribution >= 4 is 5.91 Å².